The molecule has 1 aliphatic heterocycles. The smallest absolute Gasteiger partial charge is 0.255 e. The van der Waals surface area contributed by atoms with Gasteiger partial charge in [0.15, 0.2) is 5.82 Å². The molecule has 0 N–H and O–H groups in total. The topological polar surface area (TPSA) is 58.6 Å². The number of aromatic nitrogens is 2. The first-order valence-corrected chi connectivity index (χ1v) is 13.3. The summed E-state index contributed by atoms with van der Waals surface area (Å²) in [5.41, 5.74) is 4.37. The molecule has 1 amide bonds. The van der Waals surface area contributed by atoms with Crippen molar-refractivity contribution in [2.75, 3.05) is 38.2 Å². The summed E-state index contributed by atoms with van der Waals surface area (Å²) in [5, 5.41) is 1.15. The summed E-state index contributed by atoms with van der Waals surface area (Å²) in [6, 6.07) is 25.0. The monoisotopic (exact) mass is 546 g/mol. The number of benzene rings is 3. The average molecular weight is 547 g/mol. The highest BCUT2D eigenvalue weighted by molar-refractivity contribution is 6.33. The molecule has 38 heavy (non-hydrogen) atoms. The highest BCUT2D eigenvalue weighted by atomic mass is 35.5. The molecule has 194 valence electrons. The highest BCUT2D eigenvalue weighted by Gasteiger charge is 2.27. The Morgan fingerprint density at radius 2 is 1.63 bits per heavy atom. The molecule has 4 aromatic rings. The first kappa shape index (κ1) is 26.2. The number of hydrogen-bond acceptors (Lipinski definition) is 5. The van der Waals surface area contributed by atoms with Gasteiger partial charge in [-0.2, -0.15) is 0 Å². The van der Waals surface area contributed by atoms with Crippen molar-refractivity contribution in [3.05, 3.63) is 111 Å². The molecule has 5 rings (SSSR count). The first-order valence-electron chi connectivity index (χ1n) is 12.5. The second kappa shape index (κ2) is 11.9. The predicted octanol–water partition coefficient (Wildman–Crippen LogP) is 6.15. The fraction of sp³-hybridized carbons (Fsp3) is 0.233. The zero-order valence-electron chi connectivity index (χ0n) is 21.1. The van der Waals surface area contributed by atoms with Gasteiger partial charge in [0.25, 0.3) is 5.91 Å². The number of hydrogen-bond donors (Lipinski definition) is 0. The Labute approximate surface area is 232 Å². The number of carbonyl (C=O) groups is 1. The molecule has 0 unspecified atom stereocenters. The van der Waals surface area contributed by atoms with Crippen LogP contribution in [0.25, 0.3) is 11.4 Å². The molecular formula is C30H28Cl2N4O2. The van der Waals surface area contributed by atoms with Crippen molar-refractivity contribution in [2.45, 2.75) is 13.0 Å². The maximum Gasteiger partial charge on any atom is 0.255 e. The summed E-state index contributed by atoms with van der Waals surface area (Å²) in [7, 11) is 1.67. The summed E-state index contributed by atoms with van der Waals surface area (Å²) in [4.78, 5) is 27.2. The average Bonchev–Trinajstić information content (AvgIpc) is 2.94. The lowest BCUT2D eigenvalue weighted by molar-refractivity contribution is 0.0746. The van der Waals surface area contributed by atoms with E-state index in [-0.39, 0.29) is 5.91 Å². The molecule has 1 aliphatic rings. The van der Waals surface area contributed by atoms with Crippen LogP contribution in [-0.4, -0.2) is 54.1 Å². The van der Waals surface area contributed by atoms with Crippen molar-refractivity contribution < 1.29 is 9.53 Å². The molecule has 6 nitrogen and oxygen atoms in total. The molecule has 0 bridgehead atoms. The van der Waals surface area contributed by atoms with E-state index in [1.54, 1.807) is 19.2 Å². The van der Waals surface area contributed by atoms with Crippen LogP contribution in [0.5, 0.6) is 0 Å². The second-order valence-corrected chi connectivity index (χ2v) is 10.0. The summed E-state index contributed by atoms with van der Waals surface area (Å²) in [6.07, 6.45) is 0.614. The van der Waals surface area contributed by atoms with E-state index in [2.05, 4.69) is 11.0 Å². The van der Waals surface area contributed by atoms with Gasteiger partial charge in [-0.3, -0.25) is 4.79 Å². The van der Waals surface area contributed by atoms with Gasteiger partial charge in [0.1, 0.15) is 5.82 Å². The largest absolute Gasteiger partial charge is 0.378 e. The van der Waals surface area contributed by atoms with E-state index in [4.69, 9.17) is 37.9 Å². The number of halogens is 2. The molecule has 2 heterocycles. The van der Waals surface area contributed by atoms with Crippen LogP contribution in [0.1, 0.15) is 27.2 Å². The Kier molecular flexibility index (Phi) is 8.23. The maximum absolute atomic E-state index is 13.2. The molecule has 0 spiro atoms. The number of methoxy groups -OCH3 is 1. The van der Waals surface area contributed by atoms with Crippen LogP contribution < -0.4 is 4.90 Å². The molecule has 1 aromatic heterocycles. The number of nitrogens with zero attached hydrogens (tertiary/aromatic N) is 4. The van der Waals surface area contributed by atoms with Gasteiger partial charge in [0.05, 0.1) is 22.9 Å². The SMILES string of the molecule is COCc1nc(-c2ccccc2)nc(N2CCN(C(=O)c3ccccc3Cl)CC2)c1Cc1cccc(Cl)c1. The van der Waals surface area contributed by atoms with Gasteiger partial charge in [-0.1, -0.05) is 77.8 Å². The van der Waals surface area contributed by atoms with Crippen LogP contribution in [0, 0.1) is 0 Å². The minimum Gasteiger partial charge on any atom is -0.378 e. The lowest BCUT2D eigenvalue weighted by Crippen LogP contribution is -2.49. The number of carbonyl (C=O) groups excluding carboxylic acids is 1. The summed E-state index contributed by atoms with van der Waals surface area (Å²) in [6.45, 7) is 2.75. The molecular weight excluding hydrogens is 519 g/mol. The lowest BCUT2D eigenvalue weighted by atomic mass is 10.0. The van der Waals surface area contributed by atoms with E-state index in [0.29, 0.717) is 60.6 Å². The van der Waals surface area contributed by atoms with Gasteiger partial charge in [-0.15, -0.1) is 0 Å². The summed E-state index contributed by atoms with van der Waals surface area (Å²) >= 11 is 12.6. The molecule has 0 radical (unpaired) electrons. The van der Waals surface area contributed by atoms with Gasteiger partial charge < -0.3 is 14.5 Å². The fourth-order valence-electron chi connectivity index (χ4n) is 4.71. The van der Waals surface area contributed by atoms with Gasteiger partial charge in [-0.25, -0.2) is 9.97 Å². The third kappa shape index (κ3) is 5.83. The normalized spacial score (nSPS) is 13.6. The van der Waals surface area contributed by atoms with Crippen molar-refractivity contribution >= 4 is 34.9 Å². The van der Waals surface area contributed by atoms with Crippen molar-refractivity contribution in [3.8, 4) is 11.4 Å². The Morgan fingerprint density at radius 1 is 0.895 bits per heavy atom. The maximum atomic E-state index is 13.2. The number of piperazine rings is 1. The van der Waals surface area contributed by atoms with Crippen LogP contribution in [-0.2, 0) is 17.8 Å². The molecule has 1 saturated heterocycles. The third-order valence-electron chi connectivity index (χ3n) is 6.62. The lowest BCUT2D eigenvalue weighted by Gasteiger charge is -2.37. The quantitative estimate of drug-likeness (QED) is 0.278. The van der Waals surface area contributed by atoms with Crippen molar-refractivity contribution in [1.82, 2.24) is 14.9 Å². The number of rotatable bonds is 7. The molecule has 0 saturated carbocycles. The Hall–Kier alpha value is -3.45. The molecule has 0 atom stereocenters. The summed E-state index contributed by atoms with van der Waals surface area (Å²) in [5.74, 6) is 1.45. The van der Waals surface area contributed by atoms with Crippen molar-refractivity contribution in [2.24, 2.45) is 0 Å². The van der Waals surface area contributed by atoms with E-state index in [9.17, 15) is 4.79 Å². The Bertz CT molecular complexity index is 1420. The van der Waals surface area contributed by atoms with Crippen LogP contribution in [0.3, 0.4) is 0 Å². The fourth-order valence-corrected chi connectivity index (χ4v) is 5.14. The van der Waals surface area contributed by atoms with E-state index in [1.165, 1.54) is 0 Å². The van der Waals surface area contributed by atoms with E-state index < -0.39 is 0 Å². The molecule has 0 aliphatic carbocycles. The molecule has 3 aromatic carbocycles. The van der Waals surface area contributed by atoms with Gasteiger partial charge in [-0.05, 0) is 29.8 Å². The summed E-state index contributed by atoms with van der Waals surface area (Å²) < 4.78 is 5.57. The molecule has 1 fully saturated rings. The highest BCUT2D eigenvalue weighted by Crippen LogP contribution is 2.30. The van der Waals surface area contributed by atoms with Crippen LogP contribution in [0.15, 0.2) is 78.9 Å². The Morgan fingerprint density at radius 3 is 2.34 bits per heavy atom. The standard InChI is InChI=1S/C30H28Cl2N4O2/c1-38-20-27-25(19-21-8-7-11-23(31)18-21)29(34-28(33-27)22-9-3-2-4-10-22)35-14-16-36(17-15-35)30(37)24-12-5-6-13-26(24)32/h2-13,18H,14-17,19-20H2,1H3. The first-order chi connectivity index (χ1) is 18.5. The van der Waals surface area contributed by atoms with E-state index in [1.807, 2.05) is 65.6 Å². The van der Waals surface area contributed by atoms with Gasteiger partial charge >= 0.3 is 0 Å². The number of anilines is 1. The minimum absolute atomic E-state index is 0.0536. The van der Waals surface area contributed by atoms with E-state index in [0.717, 1.165) is 28.2 Å². The van der Waals surface area contributed by atoms with Crippen LogP contribution in [0.4, 0.5) is 5.82 Å². The minimum atomic E-state index is -0.0536. The second-order valence-electron chi connectivity index (χ2n) is 9.16. The number of amides is 1. The van der Waals surface area contributed by atoms with Gasteiger partial charge in [0, 0.05) is 55.9 Å². The van der Waals surface area contributed by atoms with Crippen LogP contribution >= 0.6 is 23.2 Å². The predicted molar refractivity (Wildman–Crippen MR) is 152 cm³/mol. The number of ether oxygens (including phenoxy) is 1. The van der Waals surface area contributed by atoms with Gasteiger partial charge in [0.2, 0.25) is 0 Å². The molecule has 8 heteroatoms. The van der Waals surface area contributed by atoms with Crippen LogP contribution in [0.2, 0.25) is 10.0 Å². The van der Waals surface area contributed by atoms with Crippen molar-refractivity contribution in [1.29, 1.82) is 0 Å². The van der Waals surface area contributed by atoms with Crippen molar-refractivity contribution in [3.63, 3.8) is 0 Å². The third-order valence-corrected chi connectivity index (χ3v) is 7.19. The zero-order chi connectivity index (χ0) is 26.5. The van der Waals surface area contributed by atoms with E-state index >= 15 is 0 Å². The Balaban J connectivity index is 1.49. The zero-order valence-corrected chi connectivity index (χ0v) is 22.6.